The molecule has 2 aliphatic rings. The van der Waals surface area contributed by atoms with E-state index in [1.165, 1.54) is 18.6 Å². The number of hydrazone groups is 1. The second-order valence-electron chi connectivity index (χ2n) is 10.7. The zero-order valence-corrected chi connectivity index (χ0v) is 27.5. The predicted molar refractivity (Wildman–Crippen MR) is 180 cm³/mol. The van der Waals surface area contributed by atoms with Crippen LogP contribution in [0.15, 0.2) is 65.5 Å². The lowest BCUT2D eigenvalue weighted by molar-refractivity contribution is 0.273. The highest BCUT2D eigenvalue weighted by Crippen LogP contribution is 2.36. The Labute approximate surface area is 268 Å². The lowest BCUT2D eigenvalue weighted by Gasteiger charge is -2.24. The zero-order valence-electron chi connectivity index (χ0n) is 26.7. The van der Waals surface area contributed by atoms with Crippen molar-refractivity contribution in [3.05, 3.63) is 71.8 Å². The SMILES string of the molecule is C/C=N\N1C=CC(Oc2cc(F)c(Nc3ncnc4cc5c(nc34)N(CCCCC)CC(C)CO5)cc2C)=C/C1=C\C.CSF. The molecule has 0 radical (unpaired) electrons. The number of anilines is 3. The van der Waals surface area contributed by atoms with Crippen molar-refractivity contribution >= 4 is 46.7 Å². The molecule has 45 heavy (non-hydrogen) atoms. The first-order valence-electron chi connectivity index (χ1n) is 15.1. The van der Waals surface area contributed by atoms with Crippen molar-refractivity contribution in [1.29, 1.82) is 0 Å². The molecule has 0 aliphatic carbocycles. The van der Waals surface area contributed by atoms with Gasteiger partial charge in [-0.15, -0.1) is 0 Å². The molecule has 3 aromatic rings. The van der Waals surface area contributed by atoms with E-state index in [1.54, 1.807) is 29.6 Å². The van der Waals surface area contributed by atoms with Crippen LogP contribution in [0.4, 0.5) is 25.6 Å². The van der Waals surface area contributed by atoms with Gasteiger partial charge in [-0.25, -0.2) is 24.4 Å². The normalized spacial score (nSPS) is 17.0. The van der Waals surface area contributed by atoms with Crippen LogP contribution in [0.2, 0.25) is 0 Å². The molecule has 0 spiro atoms. The molecule has 9 nitrogen and oxygen atoms in total. The molecule has 240 valence electrons. The molecule has 5 rings (SSSR count). The van der Waals surface area contributed by atoms with Gasteiger partial charge in [0.15, 0.2) is 17.4 Å². The van der Waals surface area contributed by atoms with E-state index in [2.05, 4.69) is 39.1 Å². The fourth-order valence-corrected chi connectivity index (χ4v) is 5.00. The summed E-state index contributed by atoms with van der Waals surface area (Å²) in [7, 11) is 0. The number of unbranched alkanes of at least 4 members (excludes halogenated alkanes) is 2. The van der Waals surface area contributed by atoms with Crippen LogP contribution < -0.4 is 19.7 Å². The lowest BCUT2D eigenvalue weighted by atomic mass is 10.1. The minimum Gasteiger partial charge on any atom is -0.489 e. The van der Waals surface area contributed by atoms with Crippen molar-refractivity contribution in [2.24, 2.45) is 11.0 Å². The van der Waals surface area contributed by atoms with Crippen molar-refractivity contribution in [2.45, 2.75) is 53.9 Å². The molecule has 1 aromatic carbocycles. The molecule has 1 N–H and O–H groups in total. The van der Waals surface area contributed by atoms with Crippen LogP contribution in [0.5, 0.6) is 11.5 Å². The average Bonchev–Trinajstić information content (AvgIpc) is 3.18. The third-order valence-electron chi connectivity index (χ3n) is 7.16. The monoisotopic (exact) mass is 637 g/mol. The molecule has 12 heteroatoms. The van der Waals surface area contributed by atoms with Crippen molar-refractivity contribution in [2.75, 3.05) is 36.2 Å². The van der Waals surface area contributed by atoms with Crippen LogP contribution >= 0.6 is 12.1 Å². The molecule has 0 bridgehead atoms. The first-order valence-corrected chi connectivity index (χ1v) is 16.2. The summed E-state index contributed by atoms with van der Waals surface area (Å²) >= 11 is 0.250. The van der Waals surface area contributed by atoms with Gasteiger partial charge in [-0.3, -0.25) is 0 Å². The van der Waals surface area contributed by atoms with Crippen molar-refractivity contribution in [3.8, 4) is 11.5 Å². The second kappa shape index (κ2) is 16.2. The number of aryl methyl sites for hydroxylation is 1. The van der Waals surface area contributed by atoms with E-state index in [4.69, 9.17) is 14.5 Å². The minimum absolute atomic E-state index is 0.250. The number of nitrogens with zero attached hydrogens (tertiary/aromatic N) is 6. The standard InChI is InChI=1S/C32H38FN7O2.CH3FS/c1-6-9-10-12-39-18-21(4)19-41-29-17-27-30(38-32(29)39)31(35-20-34-27)37-26-14-22(5)28(16-25(26)33)42-24-11-13-40(36-8-3)23(7-2)15-24;1-3-2/h7-8,11,13-17,20-21H,6,9-10,12,18-19H2,1-5H3,(H,34,35,37);1H3/b23-7+,36-8-;. The van der Waals surface area contributed by atoms with Gasteiger partial charge in [-0.1, -0.05) is 32.8 Å². The van der Waals surface area contributed by atoms with E-state index in [1.807, 2.05) is 39.0 Å². The molecule has 4 heterocycles. The molecule has 2 aliphatic heterocycles. The molecule has 0 amide bonds. The quantitative estimate of drug-likeness (QED) is 0.183. The Kier molecular flexibility index (Phi) is 12.1. The highest BCUT2D eigenvalue weighted by atomic mass is 32.2. The van der Waals surface area contributed by atoms with Crippen LogP contribution in [0.1, 0.15) is 52.5 Å². The van der Waals surface area contributed by atoms with E-state index in [0.29, 0.717) is 46.6 Å². The minimum atomic E-state index is -0.473. The fraction of sp³-hybridized carbons (Fsp3) is 0.394. The maximum atomic E-state index is 15.5. The maximum Gasteiger partial charge on any atom is 0.172 e. The van der Waals surface area contributed by atoms with Crippen LogP contribution in [0.25, 0.3) is 11.0 Å². The van der Waals surface area contributed by atoms with Crippen LogP contribution in [0.3, 0.4) is 0 Å². The summed E-state index contributed by atoms with van der Waals surface area (Å²) in [6, 6.07) is 5.00. The number of benzene rings is 1. The van der Waals surface area contributed by atoms with E-state index in [9.17, 15) is 3.89 Å². The topological polar surface area (TPSA) is 88.0 Å². The molecule has 2 aromatic heterocycles. The molecule has 0 saturated carbocycles. The first kappa shape index (κ1) is 33.7. The van der Waals surface area contributed by atoms with Crippen molar-refractivity contribution in [1.82, 2.24) is 20.0 Å². The number of nitrogens with one attached hydrogen (secondary N) is 1. The Morgan fingerprint density at radius 3 is 2.76 bits per heavy atom. The molecular formula is C33H41F2N7O2S. The number of pyridine rings is 1. The Bertz CT molecular complexity index is 1600. The molecule has 1 atom stereocenters. The van der Waals surface area contributed by atoms with Crippen LogP contribution in [-0.4, -0.2) is 52.1 Å². The summed E-state index contributed by atoms with van der Waals surface area (Å²) in [5.41, 5.74) is 3.07. The van der Waals surface area contributed by atoms with Gasteiger partial charge < -0.3 is 19.7 Å². The molecule has 0 saturated heterocycles. The van der Waals surface area contributed by atoms with Crippen LogP contribution in [-0.2, 0) is 0 Å². The lowest BCUT2D eigenvalue weighted by Crippen LogP contribution is -2.30. The smallest absolute Gasteiger partial charge is 0.172 e. The van der Waals surface area contributed by atoms with Crippen molar-refractivity contribution in [3.63, 3.8) is 0 Å². The molecule has 1 unspecified atom stereocenters. The highest BCUT2D eigenvalue weighted by Gasteiger charge is 2.24. The summed E-state index contributed by atoms with van der Waals surface area (Å²) in [6.07, 6.45) is 15.3. The summed E-state index contributed by atoms with van der Waals surface area (Å²) in [5.74, 6) is 2.81. The third-order valence-corrected chi connectivity index (χ3v) is 7.16. The number of ether oxygens (including phenoxy) is 2. The number of allylic oxidation sites excluding steroid dienone is 3. The average molecular weight is 638 g/mol. The van der Waals surface area contributed by atoms with E-state index in [0.717, 1.165) is 49.4 Å². The molecule has 0 fully saturated rings. The Morgan fingerprint density at radius 2 is 2.02 bits per heavy atom. The number of hydrogen-bond acceptors (Lipinski definition) is 10. The fourth-order valence-electron chi connectivity index (χ4n) is 5.00. The van der Waals surface area contributed by atoms with E-state index < -0.39 is 5.82 Å². The zero-order chi connectivity index (χ0) is 32.3. The van der Waals surface area contributed by atoms with Gasteiger partial charge in [-0.05, 0) is 44.9 Å². The number of hydrogen-bond donors (Lipinski definition) is 1. The third kappa shape index (κ3) is 8.50. The maximum absolute atomic E-state index is 15.5. The Hall–Kier alpha value is -4.19. The van der Waals surface area contributed by atoms with Crippen LogP contribution in [0, 0.1) is 18.7 Å². The van der Waals surface area contributed by atoms with Gasteiger partial charge in [0.05, 0.1) is 23.5 Å². The van der Waals surface area contributed by atoms with E-state index >= 15 is 4.39 Å². The Morgan fingerprint density at radius 1 is 1.22 bits per heavy atom. The van der Waals surface area contributed by atoms with Gasteiger partial charge >= 0.3 is 0 Å². The first-order chi connectivity index (χ1) is 21.8. The second-order valence-corrected chi connectivity index (χ2v) is 11.1. The molecular weight excluding hydrogens is 596 g/mol. The highest BCUT2D eigenvalue weighted by molar-refractivity contribution is 7.93. The number of halogens is 2. The summed E-state index contributed by atoms with van der Waals surface area (Å²) in [5, 5.41) is 9.19. The number of rotatable bonds is 9. The van der Waals surface area contributed by atoms with Gasteiger partial charge in [0, 0.05) is 68.0 Å². The van der Waals surface area contributed by atoms with Crippen molar-refractivity contribution < 1.29 is 17.7 Å². The predicted octanol–water partition coefficient (Wildman–Crippen LogP) is 8.48. The largest absolute Gasteiger partial charge is 0.489 e. The number of aromatic nitrogens is 3. The summed E-state index contributed by atoms with van der Waals surface area (Å²) in [4.78, 5) is 16.1. The van der Waals surface area contributed by atoms with E-state index in [-0.39, 0.29) is 17.8 Å². The summed E-state index contributed by atoms with van der Waals surface area (Å²) < 4.78 is 37.9. The van der Waals surface area contributed by atoms with Gasteiger partial charge in [-0.2, -0.15) is 8.99 Å². The van der Waals surface area contributed by atoms with Gasteiger partial charge in [0.2, 0.25) is 0 Å². The van der Waals surface area contributed by atoms with Gasteiger partial charge in [0.25, 0.3) is 0 Å². The van der Waals surface area contributed by atoms with Gasteiger partial charge in [0.1, 0.15) is 29.2 Å². The number of fused-ring (bicyclic) bond motifs is 2. The summed E-state index contributed by atoms with van der Waals surface area (Å²) in [6.45, 7) is 12.4. The Balaban J connectivity index is 0.00000148.